The molecule has 0 spiro atoms. The molecule has 7 heteroatoms. The summed E-state index contributed by atoms with van der Waals surface area (Å²) in [6.07, 6.45) is 1.18. The lowest BCUT2D eigenvalue weighted by Crippen LogP contribution is -2.48. The number of thioether (sulfide) groups is 1. The number of carbonyl (C=O) groups is 1. The molecule has 0 rings (SSSR count). The van der Waals surface area contributed by atoms with Gasteiger partial charge in [0.05, 0.1) is 12.9 Å². The zero-order valence-electron chi connectivity index (χ0n) is 9.15. The lowest BCUT2D eigenvalue weighted by Gasteiger charge is -2.20. The van der Waals surface area contributed by atoms with Gasteiger partial charge in [-0.1, -0.05) is 0 Å². The Bertz CT molecular complexity index is 311. The molecule has 0 aromatic heterocycles. The van der Waals surface area contributed by atoms with Crippen LogP contribution in [0, 0.1) is 0 Å². The largest absolute Gasteiger partial charge is 0.468 e. The van der Waals surface area contributed by atoms with Crippen LogP contribution in [0.15, 0.2) is 0 Å². The minimum Gasteiger partial charge on any atom is -0.468 e. The fourth-order valence-corrected chi connectivity index (χ4v) is 3.16. The number of sulfone groups is 1. The van der Waals surface area contributed by atoms with Crippen LogP contribution in [0.3, 0.4) is 0 Å². The Morgan fingerprint density at radius 2 is 2.07 bits per heavy atom. The van der Waals surface area contributed by atoms with Gasteiger partial charge in [0.1, 0.15) is 15.4 Å². The topological polar surface area (TPSA) is 86.5 Å². The van der Waals surface area contributed by atoms with Crippen molar-refractivity contribution in [3.05, 3.63) is 0 Å². The molecule has 0 fully saturated rings. The lowest BCUT2D eigenvalue weighted by atomic mass is 10.1. The van der Waals surface area contributed by atoms with E-state index in [4.69, 9.17) is 5.73 Å². The minimum atomic E-state index is -2.95. The van der Waals surface area contributed by atoms with E-state index in [2.05, 4.69) is 4.74 Å². The molecule has 0 aromatic rings. The Hall–Kier alpha value is -0.270. The molecule has 0 radical (unpaired) electrons. The van der Waals surface area contributed by atoms with E-state index in [0.717, 1.165) is 0 Å². The summed E-state index contributed by atoms with van der Waals surface area (Å²) in [5.74, 6) is 0.376. The summed E-state index contributed by atoms with van der Waals surface area (Å²) in [6.45, 7) is 1.56. The van der Waals surface area contributed by atoms with Crippen LogP contribution in [-0.4, -0.2) is 50.6 Å². The summed E-state index contributed by atoms with van der Waals surface area (Å²) in [6, 6.07) is 0. The standard InChI is InChI=1S/C8H17NO4S2/c1-8(9,7(10)13-2)6-14-4-5-15(3,11)12/h4-6,9H2,1-3H3. The maximum absolute atomic E-state index is 11.1. The maximum atomic E-state index is 11.1. The summed E-state index contributed by atoms with van der Waals surface area (Å²) in [7, 11) is -1.67. The van der Waals surface area contributed by atoms with Gasteiger partial charge in [0.15, 0.2) is 0 Å². The third-order valence-corrected chi connectivity index (χ3v) is 4.15. The van der Waals surface area contributed by atoms with Crippen molar-refractivity contribution < 1.29 is 17.9 Å². The highest BCUT2D eigenvalue weighted by Gasteiger charge is 2.29. The smallest absolute Gasteiger partial charge is 0.326 e. The Morgan fingerprint density at radius 1 is 1.53 bits per heavy atom. The van der Waals surface area contributed by atoms with Gasteiger partial charge in [0.2, 0.25) is 0 Å². The van der Waals surface area contributed by atoms with Crippen LogP contribution < -0.4 is 5.73 Å². The first-order valence-corrected chi connectivity index (χ1v) is 7.53. The van der Waals surface area contributed by atoms with Crippen LogP contribution in [0.5, 0.6) is 0 Å². The van der Waals surface area contributed by atoms with E-state index in [0.29, 0.717) is 11.5 Å². The van der Waals surface area contributed by atoms with Crippen molar-refractivity contribution in [2.45, 2.75) is 12.5 Å². The van der Waals surface area contributed by atoms with Crippen molar-refractivity contribution in [1.29, 1.82) is 0 Å². The van der Waals surface area contributed by atoms with Crippen LogP contribution in [-0.2, 0) is 19.4 Å². The van der Waals surface area contributed by atoms with E-state index in [9.17, 15) is 13.2 Å². The third kappa shape index (κ3) is 6.75. The molecular formula is C8H17NO4S2. The number of carbonyl (C=O) groups excluding carboxylic acids is 1. The maximum Gasteiger partial charge on any atom is 0.326 e. The molecule has 5 nitrogen and oxygen atoms in total. The van der Waals surface area contributed by atoms with E-state index in [-0.39, 0.29) is 5.75 Å². The average molecular weight is 255 g/mol. The second-order valence-corrected chi connectivity index (χ2v) is 6.96. The highest BCUT2D eigenvalue weighted by atomic mass is 32.2. The Labute approximate surface area is 94.7 Å². The van der Waals surface area contributed by atoms with Crippen molar-refractivity contribution in [2.75, 3.05) is 30.6 Å². The van der Waals surface area contributed by atoms with Crippen molar-refractivity contribution in [3.8, 4) is 0 Å². The van der Waals surface area contributed by atoms with Crippen LogP contribution in [0.1, 0.15) is 6.92 Å². The Morgan fingerprint density at radius 3 is 2.47 bits per heavy atom. The monoisotopic (exact) mass is 255 g/mol. The van der Waals surface area contributed by atoms with Crippen LogP contribution in [0.4, 0.5) is 0 Å². The van der Waals surface area contributed by atoms with Crippen LogP contribution >= 0.6 is 11.8 Å². The number of ether oxygens (including phenoxy) is 1. The van der Waals surface area contributed by atoms with Crippen molar-refractivity contribution in [3.63, 3.8) is 0 Å². The summed E-state index contributed by atoms with van der Waals surface area (Å²) in [5.41, 5.74) is 4.62. The van der Waals surface area contributed by atoms with Gasteiger partial charge >= 0.3 is 5.97 Å². The highest BCUT2D eigenvalue weighted by Crippen LogP contribution is 2.12. The molecule has 0 aromatic carbocycles. The molecular weight excluding hydrogens is 238 g/mol. The number of esters is 1. The van der Waals surface area contributed by atoms with Gasteiger partial charge in [0, 0.05) is 17.8 Å². The number of hydrogen-bond acceptors (Lipinski definition) is 6. The molecule has 90 valence electrons. The van der Waals surface area contributed by atoms with E-state index < -0.39 is 21.3 Å². The van der Waals surface area contributed by atoms with Crippen LogP contribution in [0.25, 0.3) is 0 Å². The fraction of sp³-hybridized carbons (Fsp3) is 0.875. The molecule has 0 aliphatic carbocycles. The van der Waals surface area contributed by atoms with Crippen molar-refractivity contribution in [1.82, 2.24) is 0 Å². The lowest BCUT2D eigenvalue weighted by molar-refractivity contribution is -0.145. The zero-order valence-corrected chi connectivity index (χ0v) is 10.8. The number of hydrogen-bond donors (Lipinski definition) is 1. The van der Waals surface area contributed by atoms with Gasteiger partial charge in [-0.3, -0.25) is 4.79 Å². The molecule has 0 heterocycles. The molecule has 0 saturated heterocycles. The second-order valence-electron chi connectivity index (χ2n) is 3.59. The summed E-state index contributed by atoms with van der Waals surface area (Å²) >= 11 is 1.33. The first-order valence-electron chi connectivity index (χ1n) is 4.32. The van der Waals surface area contributed by atoms with Gasteiger partial charge in [-0.05, 0) is 6.92 Å². The number of nitrogens with two attached hydrogens (primary N) is 1. The number of rotatable bonds is 6. The molecule has 15 heavy (non-hydrogen) atoms. The van der Waals surface area contributed by atoms with Gasteiger partial charge in [-0.2, -0.15) is 11.8 Å². The first kappa shape index (κ1) is 14.7. The van der Waals surface area contributed by atoms with Crippen LogP contribution in [0.2, 0.25) is 0 Å². The Kier molecular flexibility index (Phi) is 5.61. The normalized spacial score (nSPS) is 15.7. The third-order valence-electron chi connectivity index (χ3n) is 1.65. The highest BCUT2D eigenvalue weighted by molar-refractivity contribution is 8.00. The summed E-state index contributed by atoms with van der Waals surface area (Å²) in [5, 5.41) is 0. The predicted octanol–water partition coefficient (Wildman–Crippen LogP) is -0.345. The minimum absolute atomic E-state index is 0.0922. The van der Waals surface area contributed by atoms with E-state index in [1.807, 2.05) is 0 Å². The molecule has 1 atom stereocenters. The second kappa shape index (κ2) is 5.72. The van der Waals surface area contributed by atoms with Gasteiger partial charge in [-0.25, -0.2) is 8.42 Å². The molecule has 0 bridgehead atoms. The van der Waals surface area contributed by atoms with Gasteiger partial charge in [0.25, 0.3) is 0 Å². The summed E-state index contributed by atoms with van der Waals surface area (Å²) in [4.78, 5) is 11.1. The zero-order chi connectivity index (χ0) is 12.1. The molecule has 0 aliphatic heterocycles. The molecule has 0 saturated carbocycles. The van der Waals surface area contributed by atoms with E-state index >= 15 is 0 Å². The van der Waals surface area contributed by atoms with Crippen molar-refractivity contribution >= 4 is 27.6 Å². The Balaban J connectivity index is 3.91. The van der Waals surface area contributed by atoms with Crippen molar-refractivity contribution in [2.24, 2.45) is 5.73 Å². The van der Waals surface area contributed by atoms with E-state index in [1.54, 1.807) is 6.92 Å². The fourth-order valence-electron chi connectivity index (χ4n) is 0.787. The molecule has 1 unspecified atom stereocenters. The van der Waals surface area contributed by atoms with E-state index in [1.165, 1.54) is 25.1 Å². The molecule has 2 N–H and O–H groups in total. The predicted molar refractivity (Wildman–Crippen MR) is 61.6 cm³/mol. The summed E-state index contributed by atoms with van der Waals surface area (Å²) < 4.78 is 26.1. The quantitative estimate of drug-likeness (QED) is 0.516. The molecule has 0 aliphatic rings. The molecule has 0 amide bonds. The average Bonchev–Trinajstić information content (AvgIpc) is 2.09. The SMILES string of the molecule is COC(=O)C(C)(N)CSCCS(C)(=O)=O. The number of methoxy groups -OCH3 is 1. The van der Waals surface area contributed by atoms with Gasteiger partial charge < -0.3 is 10.5 Å². The first-order chi connectivity index (χ1) is 6.69. The van der Waals surface area contributed by atoms with Gasteiger partial charge in [-0.15, -0.1) is 0 Å².